The average molecular weight is 309 g/mol. The largest absolute Gasteiger partial charge is 0.467 e. The van der Waals surface area contributed by atoms with Gasteiger partial charge >= 0.3 is 0 Å². The van der Waals surface area contributed by atoms with E-state index in [4.69, 9.17) is 10.2 Å². The molecule has 2 aromatic heterocycles. The van der Waals surface area contributed by atoms with Gasteiger partial charge in [-0.1, -0.05) is 0 Å². The van der Waals surface area contributed by atoms with E-state index in [0.717, 1.165) is 18.6 Å². The maximum atomic E-state index is 5.76. The minimum atomic E-state index is 0.469. The molecule has 0 atom stereocenters. The molecule has 1 aliphatic rings. The number of nitrogens with zero attached hydrogens (tertiary/aromatic N) is 3. The van der Waals surface area contributed by atoms with Gasteiger partial charge < -0.3 is 15.1 Å². The fourth-order valence-corrected chi connectivity index (χ4v) is 2.26. The fraction of sp³-hybridized carbons (Fsp3) is 0.333. The number of hydrogen-bond donors (Lipinski definition) is 1. The van der Waals surface area contributed by atoms with Crippen LogP contribution in [0.5, 0.6) is 0 Å². The third-order valence-corrected chi connectivity index (χ3v) is 3.26. The van der Waals surface area contributed by atoms with Crippen molar-refractivity contribution in [3.63, 3.8) is 0 Å². The van der Waals surface area contributed by atoms with Crippen LogP contribution in [-0.2, 0) is 6.54 Å². The van der Waals surface area contributed by atoms with Crippen molar-refractivity contribution in [3.8, 4) is 0 Å². The van der Waals surface area contributed by atoms with Gasteiger partial charge in [0.1, 0.15) is 16.2 Å². The van der Waals surface area contributed by atoms with E-state index in [1.807, 2.05) is 12.1 Å². The Morgan fingerprint density at radius 2 is 2.28 bits per heavy atom. The van der Waals surface area contributed by atoms with Crippen molar-refractivity contribution in [1.29, 1.82) is 0 Å². The standard InChI is InChI=1S/C12H13BrN4O/c13-10-6-11(14)16-12(15-10)17(8-3-4-8)7-9-2-1-5-18-9/h1-2,5-6,8H,3-4,7H2,(H2,14,15,16). The smallest absolute Gasteiger partial charge is 0.229 e. The van der Waals surface area contributed by atoms with Crippen LogP contribution in [0.3, 0.4) is 0 Å². The van der Waals surface area contributed by atoms with Crippen LogP contribution in [0, 0.1) is 0 Å². The van der Waals surface area contributed by atoms with Crippen LogP contribution in [0.25, 0.3) is 0 Å². The number of anilines is 2. The molecule has 0 aromatic carbocycles. The summed E-state index contributed by atoms with van der Waals surface area (Å²) < 4.78 is 6.09. The molecule has 2 aromatic rings. The number of rotatable bonds is 4. The van der Waals surface area contributed by atoms with Crippen LogP contribution in [-0.4, -0.2) is 16.0 Å². The summed E-state index contributed by atoms with van der Waals surface area (Å²) >= 11 is 3.35. The summed E-state index contributed by atoms with van der Waals surface area (Å²) in [6, 6.07) is 6.03. The lowest BCUT2D eigenvalue weighted by molar-refractivity contribution is 0.499. The van der Waals surface area contributed by atoms with Crippen LogP contribution in [0.2, 0.25) is 0 Å². The molecule has 2 heterocycles. The van der Waals surface area contributed by atoms with E-state index in [-0.39, 0.29) is 0 Å². The number of furan rings is 1. The van der Waals surface area contributed by atoms with Crippen LogP contribution in [0.1, 0.15) is 18.6 Å². The van der Waals surface area contributed by atoms with Gasteiger partial charge in [-0.2, -0.15) is 4.98 Å². The Bertz CT molecular complexity index is 519. The molecule has 0 aliphatic heterocycles. The second-order valence-electron chi connectivity index (χ2n) is 4.35. The highest BCUT2D eigenvalue weighted by Crippen LogP contribution is 2.32. The van der Waals surface area contributed by atoms with Crippen LogP contribution < -0.4 is 10.6 Å². The molecule has 2 N–H and O–H groups in total. The molecule has 94 valence electrons. The molecule has 0 amide bonds. The second-order valence-corrected chi connectivity index (χ2v) is 5.17. The summed E-state index contributed by atoms with van der Waals surface area (Å²) in [6.45, 7) is 0.674. The fourth-order valence-electron chi connectivity index (χ4n) is 1.87. The third kappa shape index (κ3) is 2.48. The molecule has 0 unspecified atom stereocenters. The number of nitrogen functional groups attached to an aromatic ring is 1. The molecule has 1 saturated carbocycles. The van der Waals surface area contributed by atoms with Gasteiger partial charge in [-0.15, -0.1) is 0 Å². The average Bonchev–Trinajstić information content (AvgIpc) is 3.02. The van der Waals surface area contributed by atoms with Gasteiger partial charge in [-0.25, -0.2) is 4.98 Å². The monoisotopic (exact) mass is 308 g/mol. The zero-order valence-corrected chi connectivity index (χ0v) is 11.3. The van der Waals surface area contributed by atoms with Crippen molar-refractivity contribution in [3.05, 3.63) is 34.8 Å². The Morgan fingerprint density at radius 1 is 1.44 bits per heavy atom. The van der Waals surface area contributed by atoms with Crippen LogP contribution in [0.4, 0.5) is 11.8 Å². The molecule has 18 heavy (non-hydrogen) atoms. The first-order chi connectivity index (χ1) is 8.72. The summed E-state index contributed by atoms with van der Waals surface area (Å²) in [7, 11) is 0. The van der Waals surface area contributed by atoms with E-state index in [2.05, 4.69) is 30.8 Å². The van der Waals surface area contributed by atoms with Crippen molar-refractivity contribution >= 4 is 27.7 Å². The minimum absolute atomic E-state index is 0.469. The lowest BCUT2D eigenvalue weighted by Gasteiger charge is -2.21. The molecule has 0 saturated heterocycles. The van der Waals surface area contributed by atoms with Crippen molar-refractivity contribution in [1.82, 2.24) is 9.97 Å². The molecule has 5 nitrogen and oxygen atoms in total. The van der Waals surface area contributed by atoms with Gasteiger partial charge in [-0.05, 0) is 40.9 Å². The third-order valence-electron chi connectivity index (χ3n) is 2.85. The first kappa shape index (κ1) is 11.5. The summed E-state index contributed by atoms with van der Waals surface area (Å²) in [5, 5.41) is 0. The lowest BCUT2D eigenvalue weighted by atomic mass is 10.4. The molecular formula is C12H13BrN4O. The topological polar surface area (TPSA) is 68.2 Å². The molecule has 0 bridgehead atoms. The zero-order chi connectivity index (χ0) is 12.5. The summed E-state index contributed by atoms with van der Waals surface area (Å²) in [4.78, 5) is 10.8. The number of hydrogen-bond acceptors (Lipinski definition) is 5. The highest BCUT2D eigenvalue weighted by atomic mass is 79.9. The maximum absolute atomic E-state index is 5.76. The highest BCUT2D eigenvalue weighted by molar-refractivity contribution is 9.10. The first-order valence-electron chi connectivity index (χ1n) is 5.81. The quantitative estimate of drug-likeness (QED) is 0.879. The van der Waals surface area contributed by atoms with Gasteiger partial charge in [0.25, 0.3) is 0 Å². The Morgan fingerprint density at radius 3 is 2.89 bits per heavy atom. The molecule has 6 heteroatoms. The van der Waals surface area contributed by atoms with E-state index in [1.165, 1.54) is 0 Å². The summed E-state index contributed by atoms with van der Waals surface area (Å²) in [5.41, 5.74) is 5.76. The van der Waals surface area contributed by atoms with Crippen molar-refractivity contribution in [2.45, 2.75) is 25.4 Å². The number of halogens is 1. The van der Waals surface area contributed by atoms with Gasteiger partial charge in [0, 0.05) is 12.1 Å². The SMILES string of the molecule is Nc1cc(Br)nc(N(Cc2ccco2)C2CC2)n1. The maximum Gasteiger partial charge on any atom is 0.229 e. The molecule has 3 rings (SSSR count). The van der Waals surface area contributed by atoms with Gasteiger partial charge in [0.15, 0.2) is 0 Å². The summed E-state index contributed by atoms with van der Waals surface area (Å²) in [6.07, 6.45) is 4.00. The van der Waals surface area contributed by atoms with Crippen LogP contribution in [0.15, 0.2) is 33.5 Å². The second kappa shape index (κ2) is 4.61. The minimum Gasteiger partial charge on any atom is -0.467 e. The number of nitrogens with two attached hydrogens (primary N) is 1. The van der Waals surface area contributed by atoms with E-state index >= 15 is 0 Å². The van der Waals surface area contributed by atoms with Crippen molar-refractivity contribution in [2.75, 3.05) is 10.6 Å². The molecule has 0 radical (unpaired) electrons. The van der Waals surface area contributed by atoms with Crippen molar-refractivity contribution < 1.29 is 4.42 Å². The van der Waals surface area contributed by atoms with Crippen LogP contribution >= 0.6 is 15.9 Å². The Balaban J connectivity index is 1.89. The predicted molar refractivity (Wildman–Crippen MR) is 72.1 cm³/mol. The normalized spacial score (nSPS) is 14.7. The lowest BCUT2D eigenvalue weighted by Crippen LogP contribution is -2.27. The van der Waals surface area contributed by atoms with E-state index in [9.17, 15) is 0 Å². The molecular weight excluding hydrogens is 296 g/mol. The Kier molecular flexibility index (Phi) is 2.95. The first-order valence-corrected chi connectivity index (χ1v) is 6.61. The Hall–Kier alpha value is -1.56. The van der Waals surface area contributed by atoms with Gasteiger partial charge in [-0.3, -0.25) is 0 Å². The Labute approximate surface area is 113 Å². The predicted octanol–water partition coefficient (Wildman–Crippen LogP) is 2.58. The van der Waals surface area contributed by atoms with E-state index < -0.39 is 0 Å². The van der Waals surface area contributed by atoms with E-state index in [0.29, 0.717) is 29.0 Å². The van der Waals surface area contributed by atoms with E-state index in [1.54, 1.807) is 12.3 Å². The van der Waals surface area contributed by atoms with Crippen molar-refractivity contribution in [2.24, 2.45) is 0 Å². The van der Waals surface area contributed by atoms with Gasteiger partial charge in [0.2, 0.25) is 5.95 Å². The number of aromatic nitrogens is 2. The highest BCUT2D eigenvalue weighted by Gasteiger charge is 2.31. The molecule has 1 aliphatic carbocycles. The molecule has 0 spiro atoms. The summed E-state index contributed by atoms with van der Waals surface area (Å²) in [5.74, 6) is 2.03. The zero-order valence-electron chi connectivity index (χ0n) is 9.71. The van der Waals surface area contributed by atoms with Gasteiger partial charge in [0.05, 0.1) is 12.8 Å². The molecule has 1 fully saturated rings.